The van der Waals surface area contributed by atoms with Crippen molar-refractivity contribution in [1.29, 1.82) is 0 Å². The van der Waals surface area contributed by atoms with Crippen molar-refractivity contribution in [3.05, 3.63) is 60.2 Å². The zero-order chi connectivity index (χ0) is 24.0. The molecule has 0 aliphatic carbocycles. The van der Waals surface area contributed by atoms with Crippen LogP contribution in [0.2, 0.25) is 0 Å². The third kappa shape index (κ3) is 13.1. The molecule has 0 spiro atoms. The minimum Gasteiger partial charge on any atom is -0.361 e. The maximum absolute atomic E-state index is 12.2. The number of para-hydroxylation sites is 2. The van der Waals surface area contributed by atoms with Crippen LogP contribution in [-0.4, -0.2) is 46.4 Å². The molecule has 0 heterocycles. The Morgan fingerprint density at radius 1 is 0.618 bits per heavy atom. The first kappa shape index (κ1) is 30.9. The van der Waals surface area contributed by atoms with Crippen LogP contribution in [0.5, 0.6) is 11.5 Å². The predicted octanol–water partition coefficient (Wildman–Crippen LogP) is 5.73. The summed E-state index contributed by atoms with van der Waals surface area (Å²) in [6.07, 6.45) is 12.6. The first-order valence-electron chi connectivity index (χ1n) is 11.5. The number of aryl methyl sites for hydroxylation is 1. The van der Waals surface area contributed by atoms with Gasteiger partial charge in [0.15, 0.2) is 0 Å². The summed E-state index contributed by atoms with van der Waals surface area (Å²) in [4.78, 5) is 0. The Balaban J connectivity index is 0.00000578. The molecule has 0 fully saturated rings. The Labute approximate surface area is 227 Å². The van der Waals surface area contributed by atoms with Crippen molar-refractivity contribution in [2.24, 2.45) is 0 Å². The fourth-order valence-electron chi connectivity index (χ4n) is 3.43. The summed E-state index contributed by atoms with van der Waals surface area (Å²) in [5.74, 6) is -0.0302. The zero-order valence-corrected chi connectivity index (χ0v) is 23.8. The summed E-state index contributed by atoms with van der Waals surface area (Å²) in [6.45, 7) is 2.22. The second-order valence-corrected chi connectivity index (χ2v) is 10.4. The van der Waals surface area contributed by atoms with Crippen molar-refractivity contribution in [2.75, 3.05) is 0 Å². The molecule has 0 amide bonds. The van der Waals surface area contributed by atoms with Gasteiger partial charge in [-0.1, -0.05) is 105 Å². The zero-order valence-electron chi connectivity index (χ0n) is 20.1. The molecule has 2 aromatic carbocycles. The van der Waals surface area contributed by atoms with Crippen LogP contribution in [0.3, 0.4) is 0 Å². The van der Waals surface area contributed by atoms with Gasteiger partial charge < -0.3 is 8.37 Å². The maximum atomic E-state index is 12.2. The molecule has 7 nitrogen and oxygen atoms in total. The van der Waals surface area contributed by atoms with Crippen LogP contribution in [0.1, 0.15) is 76.7 Å². The molecule has 0 atom stereocenters. The number of rotatable bonds is 17. The summed E-state index contributed by atoms with van der Waals surface area (Å²) in [5, 5.41) is 0. The summed E-state index contributed by atoms with van der Waals surface area (Å²) in [5.41, 5.74) is 0.672. The topological polar surface area (TPSA) is 96.0 Å². The van der Waals surface area contributed by atoms with E-state index in [1.165, 1.54) is 63.1 Å². The number of hydrogen-bond acceptors (Lipinski definition) is 7. The van der Waals surface area contributed by atoms with E-state index < -0.39 is 20.8 Å². The number of unbranched alkanes of at least 4 members (excludes halogenated alkanes) is 9. The third-order valence-corrected chi connectivity index (χ3v) is 7.19. The predicted molar refractivity (Wildman–Crippen MR) is 134 cm³/mol. The van der Waals surface area contributed by atoms with E-state index >= 15 is 0 Å². The van der Waals surface area contributed by atoms with Gasteiger partial charge in [-0.2, -0.15) is 16.8 Å². The van der Waals surface area contributed by atoms with E-state index in [2.05, 4.69) is 14.7 Å². The molecule has 0 aliphatic rings. The Hall–Kier alpha value is -1.10. The van der Waals surface area contributed by atoms with Crippen LogP contribution in [0.4, 0.5) is 0 Å². The van der Waals surface area contributed by atoms with E-state index in [9.17, 15) is 16.8 Å². The molecule has 0 saturated carbocycles. The number of hydrogen-bond donors (Lipinski definition) is 0. The van der Waals surface area contributed by atoms with Gasteiger partial charge in [0.25, 0.3) is 0 Å². The van der Waals surface area contributed by atoms with Crippen molar-refractivity contribution < 1.29 is 28.8 Å². The normalized spacial score (nSPS) is 11.6. The van der Waals surface area contributed by atoms with Crippen LogP contribution in [0, 0.1) is 0 Å². The molecule has 34 heavy (non-hydrogen) atoms. The quantitative estimate of drug-likeness (QED) is 0.194. The SMILES string of the molecule is CCCCCCCCCCCCc1ccccc1OS(=O)(=O)OS(=O)(=O)Oc1ccccc1.[Na]. The minimum absolute atomic E-state index is 0. The molecule has 2 rings (SSSR count). The van der Waals surface area contributed by atoms with Gasteiger partial charge in [0.2, 0.25) is 0 Å². The summed E-state index contributed by atoms with van der Waals surface area (Å²) >= 11 is 0. The van der Waals surface area contributed by atoms with Gasteiger partial charge in [-0.3, -0.25) is 0 Å². The van der Waals surface area contributed by atoms with Gasteiger partial charge in [0, 0.05) is 29.6 Å². The summed E-state index contributed by atoms with van der Waals surface area (Å²) in [6, 6.07) is 14.1. The van der Waals surface area contributed by atoms with Gasteiger partial charge in [0.1, 0.15) is 11.5 Å². The van der Waals surface area contributed by atoms with E-state index in [-0.39, 0.29) is 41.1 Å². The summed E-state index contributed by atoms with van der Waals surface area (Å²) in [7, 11) is -9.78. The van der Waals surface area contributed by atoms with Gasteiger partial charge in [-0.15, -0.1) is 0 Å². The maximum Gasteiger partial charge on any atom is 0.466 e. The van der Waals surface area contributed by atoms with Crippen molar-refractivity contribution in [3.63, 3.8) is 0 Å². The van der Waals surface area contributed by atoms with E-state index in [1.54, 1.807) is 36.4 Å². The second kappa shape index (κ2) is 16.5. The molecule has 1 radical (unpaired) electrons. The first-order valence-corrected chi connectivity index (χ1v) is 14.2. The van der Waals surface area contributed by atoms with Crippen LogP contribution >= 0.6 is 0 Å². The monoisotopic (exact) mass is 521 g/mol. The molecule has 0 unspecified atom stereocenters. The van der Waals surface area contributed by atoms with Gasteiger partial charge >= 0.3 is 20.8 Å². The molecule has 0 saturated heterocycles. The summed E-state index contributed by atoms with van der Waals surface area (Å²) < 4.78 is 62.1. The first-order chi connectivity index (χ1) is 15.8. The van der Waals surface area contributed by atoms with Crippen LogP contribution in [-0.2, 0) is 30.8 Å². The van der Waals surface area contributed by atoms with Crippen molar-refractivity contribution >= 4 is 50.4 Å². The average Bonchev–Trinajstić information content (AvgIpc) is 2.75. The van der Waals surface area contributed by atoms with Crippen LogP contribution in [0.15, 0.2) is 54.6 Å². The fourth-order valence-corrected chi connectivity index (χ4v) is 5.20. The Morgan fingerprint density at radius 2 is 1.12 bits per heavy atom. The molecular formula is C24H34NaO7S2. The van der Waals surface area contributed by atoms with E-state index in [4.69, 9.17) is 4.18 Å². The third-order valence-electron chi connectivity index (χ3n) is 5.07. The molecule has 0 N–H and O–H groups in total. The van der Waals surface area contributed by atoms with Gasteiger partial charge in [0.05, 0.1) is 0 Å². The molecule has 2 aromatic rings. The average molecular weight is 522 g/mol. The van der Waals surface area contributed by atoms with Crippen molar-refractivity contribution in [2.45, 2.75) is 77.6 Å². The van der Waals surface area contributed by atoms with Gasteiger partial charge in [-0.05, 0) is 36.6 Å². The Bertz CT molecular complexity index is 1030. The molecular weight excluding hydrogens is 487 g/mol. The van der Waals surface area contributed by atoms with Crippen LogP contribution in [0.25, 0.3) is 0 Å². The molecule has 185 valence electrons. The van der Waals surface area contributed by atoms with E-state index in [0.717, 1.165) is 19.3 Å². The molecule has 10 heteroatoms. The minimum atomic E-state index is -4.90. The Morgan fingerprint density at radius 3 is 1.74 bits per heavy atom. The molecule has 0 aromatic heterocycles. The smallest absolute Gasteiger partial charge is 0.361 e. The fraction of sp³-hybridized carbons (Fsp3) is 0.500. The van der Waals surface area contributed by atoms with Crippen LogP contribution < -0.4 is 8.37 Å². The molecule has 0 bridgehead atoms. The van der Waals surface area contributed by atoms with Gasteiger partial charge in [-0.25, -0.2) is 0 Å². The molecule has 0 aliphatic heterocycles. The van der Waals surface area contributed by atoms with E-state index in [1.807, 2.05) is 0 Å². The standard InChI is InChI=1S/C24H34O7S2.Na/c1-2-3-4-5-6-7-8-9-10-12-17-22-18-15-16-21-24(22)30-33(27,28)31-32(25,26)29-23-19-13-11-14-20-23;/h11,13-16,18-21H,2-10,12,17H2,1H3;. The van der Waals surface area contributed by atoms with Crippen molar-refractivity contribution in [3.8, 4) is 11.5 Å². The van der Waals surface area contributed by atoms with Crippen molar-refractivity contribution in [1.82, 2.24) is 0 Å². The van der Waals surface area contributed by atoms with E-state index in [0.29, 0.717) is 12.0 Å². The number of benzene rings is 2. The largest absolute Gasteiger partial charge is 0.466 e. The Kier molecular flexibility index (Phi) is 15.1. The second-order valence-electron chi connectivity index (χ2n) is 7.90.